The van der Waals surface area contributed by atoms with Gasteiger partial charge in [-0.15, -0.1) is 0 Å². The van der Waals surface area contributed by atoms with Gasteiger partial charge in [0.2, 0.25) is 0 Å². The molecule has 1 saturated carbocycles. The molecule has 0 radical (unpaired) electrons. The number of carbonyl (C=O) groups is 1. The van der Waals surface area contributed by atoms with E-state index < -0.39 is 23.5 Å². The van der Waals surface area contributed by atoms with E-state index in [9.17, 15) is 25.5 Å². The number of aromatic amines is 1. The summed E-state index contributed by atoms with van der Waals surface area (Å²) in [5.41, 5.74) is 5.56. The predicted molar refractivity (Wildman–Crippen MR) is 273 cm³/mol. The Balaban J connectivity index is 1.16. The van der Waals surface area contributed by atoms with E-state index in [0.29, 0.717) is 54.4 Å². The number of β-amino-alcohol motifs (C(OH)–C–C–N with tert-alkyl or cyclic N) is 1. The summed E-state index contributed by atoms with van der Waals surface area (Å²) in [5, 5.41) is 66.2. The van der Waals surface area contributed by atoms with Gasteiger partial charge in [0.05, 0.1) is 18.8 Å². The number of aliphatic hydroxyl groups excluding tert-OH is 1. The van der Waals surface area contributed by atoms with Crippen molar-refractivity contribution in [1.82, 2.24) is 15.6 Å². The molecule has 2 heterocycles. The third kappa shape index (κ3) is 11.5. The molecule has 5 aromatic carbocycles. The Morgan fingerprint density at radius 3 is 2.44 bits per heavy atom. The van der Waals surface area contributed by atoms with Crippen LogP contribution in [0.1, 0.15) is 95.9 Å². The molecule has 1 aliphatic heterocycles. The summed E-state index contributed by atoms with van der Waals surface area (Å²) in [7, 11) is 6.59. The number of aromatic hydroxyl groups is 3. The number of aliphatic hydroxyl groups is 2. The number of phenols is 3. The number of Topliss-reactive ketones (excluding diaryl/α,β-unsaturated/α-hetero) is 1. The lowest BCUT2D eigenvalue weighted by molar-refractivity contribution is -0.123. The van der Waals surface area contributed by atoms with Crippen LogP contribution in [0.2, 0.25) is 0 Å². The first kappa shape index (κ1) is 49.3. The van der Waals surface area contributed by atoms with E-state index in [-0.39, 0.29) is 48.1 Å². The van der Waals surface area contributed by atoms with Crippen molar-refractivity contribution in [1.29, 1.82) is 0 Å². The van der Waals surface area contributed by atoms with Gasteiger partial charge in [-0.3, -0.25) is 10.1 Å². The van der Waals surface area contributed by atoms with Crippen molar-refractivity contribution < 1.29 is 39.8 Å². The molecule has 13 heteroatoms. The topological polar surface area (TPSA) is 177 Å². The van der Waals surface area contributed by atoms with E-state index in [0.717, 1.165) is 81.8 Å². The molecule has 0 bridgehead atoms. The fourth-order valence-electron chi connectivity index (χ4n) is 10.4. The molecule has 0 unspecified atom stereocenters. The molecule has 68 heavy (non-hydrogen) atoms. The van der Waals surface area contributed by atoms with Crippen molar-refractivity contribution in [3.63, 3.8) is 0 Å². The van der Waals surface area contributed by atoms with Crippen LogP contribution in [0, 0.1) is 5.92 Å². The molecule has 1 fully saturated rings. The number of benzene rings is 5. The van der Waals surface area contributed by atoms with Crippen LogP contribution >= 0.6 is 21.6 Å². The fraction of sp³-hybridized carbons (Fsp3) is 0.400. The first-order valence-electron chi connectivity index (χ1n) is 23.7. The largest absolute Gasteiger partial charge is 0.508 e. The van der Waals surface area contributed by atoms with Gasteiger partial charge >= 0.3 is 0 Å². The second-order valence-electron chi connectivity index (χ2n) is 18.9. The quantitative estimate of drug-likeness (QED) is 0.0432. The number of aromatic nitrogens is 1. The summed E-state index contributed by atoms with van der Waals surface area (Å²) in [5.74, 6) is 0.277. The molecule has 4 atom stereocenters. The Kier molecular flexibility index (Phi) is 16.0. The number of hydrogen-bond donors (Lipinski definition) is 8. The van der Waals surface area contributed by atoms with E-state index in [1.807, 2.05) is 61.9 Å². The van der Waals surface area contributed by atoms with Crippen molar-refractivity contribution in [2.24, 2.45) is 5.92 Å². The molecule has 11 nitrogen and oxygen atoms in total. The molecular weight excluding hydrogens is 895 g/mol. The SMILES string of the molecule is CNC1(c2cc(O)cc([C@@H](Cc3ccc(O)c4c3CSSC[C@](C)(O)CNCO4)C(=O)C[C@@H](O)[C@H](Cc3cc[nH]c3)Cc3ccc(O)c(OC)c3Cc3cccc4ccccc34)c2)CCCCC1. The van der Waals surface area contributed by atoms with Gasteiger partial charge in [-0.1, -0.05) is 102 Å². The van der Waals surface area contributed by atoms with Crippen LogP contribution < -0.4 is 20.1 Å². The molecule has 360 valence electrons. The van der Waals surface area contributed by atoms with Crippen LogP contribution in [0.3, 0.4) is 0 Å². The Hall–Kier alpha value is -5.15. The summed E-state index contributed by atoms with van der Waals surface area (Å²) < 4.78 is 12.1. The standard InChI is InChI=1S/C55H65N3O8S2/c1-54(64)32-58-34-66-53-47(31-67-68-33-54)39(15-17-49(53)61)26-45(40-24-42(28-43(59)25-40)55(56-2)19-7-4-8-20-55)51(63)29-50(62)41(22-35-18-21-57-30-35)23-38-14-16-48(60)52(65-3)46(38)27-37-12-9-11-36-10-5-6-13-44(36)37/h5-6,9-18,21,24-25,28,30,41,45,50,56-62,64H,4,7-8,19-20,22-23,26-27,29,31-34H2,1-3H3/t41-,45-,50-,54-/m1/s1. The lowest BCUT2D eigenvalue weighted by Gasteiger charge is -2.38. The number of rotatable bonds is 16. The third-order valence-corrected chi connectivity index (χ3v) is 16.6. The third-order valence-electron chi connectivity index (χ3n) is 14.1. The maximum atomic E-state index is 15.4. The molecule has 8 rings (SSSR count). The lowest BCUT2D eigenvalue weighted by atomic mass is 9.74. The number of H-pyrrole nitrogens is 1. The highest BCUT2D eigenvalue weighted by atomic mass is 33.1. The van der Waals surface area contributed by atoms with Crippen LogP contribution in [0.5, 0.6) is 28.7 Å². The summed E-state index contributed by atoms with van der Waals surface area (Å²) >= 11 is 0. The number of hydrogen-bond acceptors (Lipinski definition) is 12. The Labute approximate surface area is 407 Å². The normalized spacial score (nSPS) is 19.0. The monoisotopic (exact) mass is 959 g/mol. The van der Waals surface area contributed by atoms with Gasteiger partial charge in [-0.2, -0.15) is 0 Å². The zero-order valence-corrected chi connectivity index (χ0v) is 40.9. The molecular formula is C55H65N3O8S2. The van der Waals surface area contributed by atoms with Crippen LogP contribution in [0.25, 0.3) is 10.8 Å². The van der Waals surface area contributed by atoms with Crippen molar-refractivity contribution in [2.75, 3.05) is 33.2 Å². The maximum Gasteiger partial charge on any atom is 0.167 e. The molecule has 8 N–H and O–H groups in total. The summed E-state index contributed by atoms with van der Waals surface area (Å²) in [6.45, 7) is 2.14. The molecule has 1 aromatic heterocycles. The highest BCUT2D eigenvalue weighted by Gasteiger charge is 2.36. The van der Waals surface area contributed by atoms with E-state index in [1.54, 1.807) is 43.0 Å². The van der Waals surface area contributed by atoms with Crippen LogP contribution in [-0.2, 0) is 41.8 Å². The number of methoxy groups -OCH3 is 1. The summed E-state index contributed by atoms with van der Waals surface area (Å²) in [6.07, 6.45) is 9.07. The predicted octanol–water partition coefficient (Wildman–Crippen LogP) is 9.58. The molecule has 1 aliphatic carbocycles. The minimum Gasteiger partial charge on any atom is -0.508 e. The Morgan fingerprint density at radius 2 is 1.66 bits per heavy atom. The Morgan fingerprint density at radius 1 is 0.882 bits per heavy atom. The lowest BCUT2D eigenvalue weighted by Crippen LogP contribution is -2.41. The summed E-state index contributed by atoms with van der Waals surface area (Å²) in [6, 6.07) is 28.9. The van der Waals surface area contributed by atoms with Crippen molar-refractivity contribution in [2.45, 2.75) is 100 Å². The number of ether oxygens (including phenoxy) is 2. The van der Waals surface area contributed by atoms with E-state index in [1.165, 1.54) is 10.8 Å². The van der Waals surface area contributed by atoms with Crippen LogP contribution in [0.15, 0.2) is 103 Å². The first-order valence-corrected chi connectivity index (χ1v) is 26.2. The number of carbonyl (C=O) groups excluding carboxylic acids is 1. The number of phenolic OH excluding ortho intramolecular Hbond substituents is 3. The van der Waals surface area contributed by atoms with Gasteiger partial charge in [0.15, 0.2) is 23.0 Å². The van der Waals surface area contributed by atoms with E-state index in [4.69, 9.17) is 9.47 Å². The second-order valence-corrected chi connectivity index (χ2v) is 21.4. The van der Waals surface area contributed by atoms with Gasteiger partial charge in [0, 0.05) is 65.9 Å². The highest BCUT2D eigenvalue weighted by Crippen LogP contribution is 2.44. The molecule has 2 aliphatic rings. The van der Waals surface area contributed by atoms with E-state index >= 15 is 4.79 Å². The molecule has 6 aromatic rings. The number of fused-ring (bicyclic) bond motifs is 2. The van der Waals surface area contributed by atoms with Crippen molar-refractivity contribution in [3.8, 4) is 28.7 Å². The van der Waals surface area contributed by atoms with Crippen molar-refractivity contribution in [3.05, 3.63) is 148 Å². The fourth-order valence-corrected chi connectivity index (χ4v) is 12.9. The van der Waals surface area contributed by atoms with Gasteiger partial charge in [-0.25, -0.2) is 0 Å². The van der Waals surface area contributed by atoms with Crippen LogP contribution in [-0.4, -0.2) is 81.2 Å². The summed E-state index contributed by atoms with van der Waals surface area (Å²) in [4.78, 5) is 18.5. The van der Waals surface area contributed by atoms with Crippen LogP contribution in [0.4, 0.5) is 0 Å². The number of nitrogens with one attached hydrogen (secondary N) is 3. The first-order chi connectivity index (χ1) is 32.9. The minimum atomic E-state index is -1.09. The highest BCUT2D eigenvalue weighted by molar-refractivity contribution is 8.76. The second kappa shape index (κ2) is 22.1. The van der Waals surface area contributed by atoms with E-state index in [2.05, 4.69) is 45.9 Å². The minimum absolute atomic E-state index is 0.0216. The number of ketones is 1. The van der Waals surface area contributed by atoms with Gasteiger partial charge in [0.1, 0.15) is 18.3 Å². The smallest absolute Gasteiger partial charge is 0.167 e. The maximum absolute atomic E-state index is 15.4. The zero-order valence-electron chi connectivity index (χ0n) is 39.2. The molecule has 0 amide bonds. The van der Waals surface area contributed by atoms with Gasteiger partial charge in [0.25, 0.3) is 0 Å². The molecule has 0 spiro atoms. The molecule has 0 saturated heterocycles. The van der Waals surface area contributed by atoms with Crippen molar-refractivity contribution >= 4 is 38.1 Å². The average Bonchev–Trinajstić information content (AvgIpc) is 3.85. The van der Waals surface area contributed by atoms with Gasteiger partial charge < -0.3 is 45.3 Å². The average molecular weight is 960 g/mol. The Bertz CT molecular complexity index is 2660. The van der Waals surface area contributed by atoms with Gasteiger partial charge in [-0.05, 0) is 126 Å². The zero-order chi connectivity index (χ0) is 47.8.